The van der Waals surface area contributed by atoms with Gasteiger partial charge < -0.3 is 10.0 Å². The fourth-order valence-electron chi connectivity index (χ4n) is 2.70. The Morgan fingerprint density at radius 3 is 3.00 bits per heavy atom. The van der Waals surface area contributed by atoms with E-state index in [0.717, 1.165) is 25.8 Å². The van der Waals surface area contributed by atoms with E-state index in [1.165, 1.54) is 17.1 Å². The predicted octanol–water partition coefficient (Wildman–Crippen LogP) is 0.945. The number of carbonyl (C=O) groups is 1. The third-order valence-corrected chi connectivity index (χ3v) is 3.80. The van der Waals surface area contributed by atoms with E-state index in [4.69, 9.17) is 5.11 Å². The molecular weight excluding hydrogens is 276 g/mol. The van der Waals surface area contributed by atoms with Gasteiger partial charge in [0.2, 0.25) is 5.91 Å². The zero-order valence-corrected chi connectivity index (χ0v) is 11.8. The standard InChI is InChI=1S/C13H20N4O4/c18-8-5-11-3-1-2-6-16(11)13(19)4-7-15-10-12(9-14-15)17(20)21/h9-11,18H,1-8H2. The molecule has 1 aromatic heterocycles. The Hall–Kier alpha value is -1.96. The minimum atomic E-state index is -0.507. The maximum absolute atomic E-state index is 12.3. The molecule has 1 aliphatic heterocycles. The van der Waals surface area contributed by atoms with Crippen molar-refractivity contribution in [2.75, 3.05) is 13.2 Å². The lowest BCUT2D eigenvalue weighted by Gasteiger charge is -2.35. The fraction of sp³-hybridized carbons (Fsp3) is 0.692. The summed E-state index contributed by atoms with van der Waals surface area (Å²) in [6, 6.07) is 0.114. The van der Waals surface area contributed by atoms with Crippen molar-refractivity contribution in [3.8, 4) is 0 Å². The van der Waals surface area contributed by atoms with Crippen LogP contribution in [0.25, 0.3) is 0 Å². The molecule has 0 aliphatic carbocycles. The molecule has 2 rings (SSSR count). The van der Waals surface area contributed by atoms with Crippen LogP contribution in [-0.2, 0) is 11.3 Å². The average molecular weight is 296 g/mol. The van der Waals surface area contributed by atoms with Gasteiger partial charge in [0, 0.05) is 32.2 Å². The molecule has 1 fully saturated rings. The number of aromatic nitrogens is 2. The first-order chi connectivity index (χ1) is 10.1. The van der Waals surface area contributed by atoms with E-state index in [2.05, 4.69) is 5.10 Å². The van der Waals surface area contributed by atoms with Crippen LogP contribution in [0.5, 0.6) is 0 Å². The number of amides is 1. The van der Waals surface area contributed by atoms with Gasteiger partial charge in [0.05, 0.1) is 4.92 Å². The third-order valence-electron chi connectivity index (χ3n) is 3.80. The maximum atomic E-state index is 12.3. The Kier molecular flexibility index (Phi) is 5.26. The highest BCUT2D eigenvalue weighted by Gasteiger charge is 2.25. The van der Waals surface area contributed by atoms with Gasteiger partial charge in [-0.1, -0.05) is 0 Å². The smallest absolute Gasteiger partial charge is 0.306 e. The van der Waals surface area contributed by atoms with Crippen molar-refractivity contribution in [2.45, 2.75) is 44.7 Å². The molecule has 1 amide bonds. The van der Waals surface area contributed by atoms with Gasteiger partial charge in [-0.15, -0.1) is 0 Å². The van der Waals surface area contributed by atoms with Crippen molar-refractivity contribution < 1.29 is 14.8 Å². The van der Waals surface area contributed by atoms with Crippen LogP contribution in [0.4, 0.5) is 5.69 Å². The van der Waals surface area contributed by atoms with Crippen LogP contribution in [-0.4, -0.2) is 49.8 Å². The molecule has 1 saturated heterocycles. The first-order valence-electron chi connectivity index (χ1n) is 7.19. The summed E-state index contributed by atoms with van der Waals surface area (Å²) >= 11 is 0. The van der Waals surface area contributed by atoms with E-state index in [0.29, 0.717) is 13.0 Å². The number of rotatable bonds is 6. The number of carbonyl (C=O) groups excluding carboxylic acids is 1. The van der Waals surface area contributed by atoms with Crippen LogP contribution in [0, 0.1) is 10.1 Å². The molecule has 0 radical (unpaired) electrons. The number of hydrogen-bond acceptors (Lipinski definition) is 5. The summed E-state index contributed by atoms with van der Waals surface area (Å²) in [5.41, 5.74) is -0.0708. The van der Waals surface area contributed by atoms with Crippen LogP contribution < -0.4 is 0 Å². The second kappa shape index (κ2) is 7.16. The third kappa shape index (κ3) is 4.01. The molecular formula is C13H20N4O4. The Balaban J connectivity index is 1.88. The normalized spacial score (nSPS) is 18.7. The number of piperidine rings is 1. The largest absolute Gasteiger partial charge is 0.396 e. The van der Waals surface area contributed by atoms with E-state index in [1.807, 2.05) is 4.90 Å². The van der Waals surface area contributed by atoms with Crippen molar-refractivity contribution in [3.63, 3.8) is 0 Å². The molecule has 0 aromatic carbocycles. The van der Waals surface area contributed by atoms with Gasteiger partial charge in [0.25, 0.3) is 0 Å². The van der Waals surface area contributed by atoms with Gasteiger partial charge in [-0.2, -0.15) is 5.10 Å². The summed E-state index contributed by atoms with van der Waals surface area (Å²) in [6.45, 7) is 1.14. The monoisotopic (exact) mass is 296 g/mol. The average Bonchev–Trinajstić information content (AvgIpc) is 2.95. The summed E-state index contributed by atoms with van der Waals surface area (Å²) in [5, 5.41) is 23.5. The molecule has 1 atom stereocenters. The van der Waals surface area contributed by atoms with E-state index < -0.39 is 4.92 Å². The number of nitrogens with zero attached hydrogens (tertiary/aromatic N) is 4. The Morgan fingerprint density at radius 1 is 1.52 bits per heavy atom. The highest BCUT2D eigenvalue weighted by atomic mass is 16.6. The summed E-state index contributed by atoms with van der Waals surface area (Å²) in [6.07, 6.45) is 6.38. The zero-order valence-electron chi connectivity index (χ0n) is 11.8. The lowest BCUT2D eigenvalue weighted by molar-refractivity contribution is -0.385. The van der Waals surface area contributed by atoms with Crippen LogP contribution >= 0.6 is 0 Å². The summed E-state index contributed by atoms with van der Waals surface area (Å²) in [5.74, 6) is 0.0197. The number of aliphatic hydroxyl groups excluding tert-OH is 1. The van der Waals surface area contributed by atoms with Gasteiger partial charge in [0.15, 0.2) is 0 Å². The van der Waals surface area contributed by atoms with Gasteiger partial charge in [-0.05, 0) is 25.7 Å². The van der Waals surface area contributed by atoms with Gasteiger partial charge >= 0.3 is 5.69 Å². The minimum Gasteiger partial charge on any atom is -0.396 e. The highest BCUT2D eigenvalue weighted by Crippen LogP contribution is 2.20. The summed E-state index contributed by atoms with van der Waals surface area (Å²) in [4.78, 5) is 24.2. The Bertz CT molecular complexity index is 500. The first-order valence-corrected chi connectivity index (χ1v) is 7.19. The maximum Gasteiger partial charge on any atom is 0.306 e. The van der Waals surface area contributed by atoms with Crippen molar-refractivity contribution in [2.24, 2.45) is 0 Å². The van der Waals surface area contributed by atoms with Crippen molar-refractivity contribution in [3.05, 3.63) is 22.5 Å². The SMILES string of the molecule is O=C(CCn1cc([N+](=O)[O-])cn1)N1CCCCC1CCO. The molecule has 21 heavy (non-hydrogen) atoms. The quantitative estimate of drug-likeness (QED) is 0.622. The number of likely N-dealkylation sites (tertiary alicyclic amines) is 1. The molecule has 0 saturated carbocycles. The molecule has 1 N–H and O–H groups in total. The Labute approximate surface area is 122 Å². The second-order valence-electron chi connectivity index (χ2n) is 5.22. The second-order valence-corrected chi connectivity index (χ2v) is 5.22. The topological polar surface area (TPSA) is 102 Å². The lowest BCUT2D eigenvalue weighted by Crippen LogP contribution is -2.44. The van der Waals surface area contributed by atoms with Crippen molar-refractivity contribution in [1.82, 2.24) is 14.7 Å². The molecule has 8 nitrogen and oxygen atoms in total. The van der Waals surface area contributed by atoms with E-state index in [1.54, 1.807) is 0 Å². The van der Waals surface area contributed by atoms with Crippen LogP contribution in [0.3, 0.4) is 0 Å². The molecule has 1 unspecified atom stereocenters. The van der Waals surface area contributed by atoms with E-state index in [-0.39, 0.29) is 30.7 Å². The Morgan fingerprint density at radius 2 is 2.33 bits per heavy atom. The van der Waals surface area contributed by atoms with E-state index >= 15 is 0 Å². The van der Waals surface area contributed by atoms with Gasteiger partial charge in [-0.3, -0.25) is 19.6 Å². The molecule has 0 spiro atoms. The zero-order chi connectivity index (χ0) is 15.2. The van der Waals surface area contributed by atoms with Crippen LogP contribution in [0.15, 0.2) is 12.4 Å². The molecule has 116 valence electrons. The van der Waals surface area contributed by atoms with Gasteiger partial charge in [-0.25, -0.2) is 0 Å². The van der Waals surface area contributed by atoms with Crippen molar-refractivity contribution >= 4 is 11.6 Å². The highest BCUT2D eigenvalue weighted by molar-refractivity contribution is 5.76. The summed E-state index contributed by atoms with van der Waals surface area (Å²) < 4.78 is 1.42. The molecule has 8 heteroatoms. The molecule has 1 aliphatic rings. The first kappa shape index (κ1) is 15.4. The number of hydrogen-bond donors (Lipinski definition) is 1. The number of nitro groups is 1. The molecule has 1 aromatic rings. The minimum absolute atomic E-state index is 0.0197. The number of aryl methyl sites for hydroxylation is 1. The summed E-state index contributed by atoms with van der Waals surface area (Å²) in [7, 11) is 0. The van der Waals surface area contributed by atoms with Crippen LogP contribution in [0.2, 0.25) is 0 Å². The van der Waals surface area contributed by atoms with E-state index in [9.17, 15) is 14.9 Å². The lowest BCUT2D eigenvalue weighted by atomic mass is 9.99. The number of aliphatic hydroxyl groups is 1. The van der Waals surface area contributed by atoms with Crippen molar-refractivity contribution in [1.29, 1.82) is 0 Å². The molecule has 2 heterocycles. The molecule has 0 bridgehead atoms. The van der Waals surface area contributed by atoms with Gasteiger partial charge in [0.1, 0.15) is 12.4 Å². The van der Waals surface area contributed by atoms with Crippen LogP contribution in [0.1, 0.15) is 32.1 Å². The fourth-order valence-corrected chi connectivity index (χ4v) is 2.70. The predicted molar refractivity (Wildman–Crippen MR) is 74.6 cm³/mol.